The average Bonchev–Trinajstić information content (AvgIpc) is 2.99. The Morgan fingerprint density at radius 3 is 2.95 bits per heavy atom. The molecule has 3 heterocycles. The van der Waals surface area contributed by atoms with Gasteiger partial charge in [0.1, 0.15) is 11.3 Å². The van der Waals surface area contributed by atoms with E-state index in [1.807, 2.05) is 0 Å². The van der Waals surface area contributed by atoms with Crippen LogP contribution in [-0.2, 0) is 16.0 Å². The Hall–Kier alpha value is -1.37. The Bertz CT molecular complexity index is 463. The molecule has 19 heavy (non-hydrogen) atoms. The van der Waals surface area contributed by atoms with Crippen molar-refractivity contribution in [2.24, 2.45) is 0 Å². The molecule has 3 rings (SSSR count). The van der Waals surface area contributed by atoms with Crippen LogP contribution in [0.3, 0.4) is 0 Å². The summed E-state index contributed by atoms with van der Waals surface area (Å²) in [6, 6.07) is 1.49. The summed E-state index contributed by atoms with van der Waals surface area (Å²) in [6.07, 6.45) is 3.29. The standard InChI is InChI=1S/C13H17NO5/c15-12(16)10-2-5-17-11(10)8-14-4-1-3-13(9-14)18-6-7-19-13/h2,5H,1,3-4,6-9H2,(H,15,16). The van der Waals surface area contributed by atoms with Gasteiger partial charge in [-0.15, -0.1) is 0 Å². The van der Waals surface area contributed by atoms with Crippen molar-refractivity contribution >= 4 is 5.97 Å². The van der Waals surface area contributed by atoms with E-state index in [9.17, 15) is 4.79 Å². The molecule has 0 radical (unpaired) electrons. The van der Waals surface area contributed by atoms with Crippen LogP contribution in [0.2, 0.25) is 0 Å². The van der Waals surface area contributed by atoms with Crippen LogP contribution in [0.15, 0.2) is 16.7 Å². The lowest BCUT2D eigenvalue weighted by Gasteiger charge is -2.38. The summed E-state index contributed by atoms with van der Waals surface area (Å²) in [6.45, 7) is 3.30. The third kappa shape index (κ3) is 2.51. The van der Waals surface area contributed by atoms with Crippen LogP contribution in [0.5, 0.6) is 0 Å². The van der Waals surface area contributed by atoms with Gasteiger partial charge in [0, 0.05) is 6.42 Å². The largest absolute Gasteiger partial charge is 0.478 e. The lowest BCUT2D eigenvalue weighted by Crippen LogP contribution is -2.48. The molecule has 1 N–H and O–H groups in total. The van der Waals surface area contributed by atoms with Crippen molar-refractivity contribution < 1.29 is 23.8 Å². The predicted molar refractivity (Wildman–Crippen MR) is 64.8 cm³/mol. The number of nitrogens with zero attached hydrogens (tertiary/aromatic N) is 1. The third-order valence-electron chi connectivity index (χ3n) is 3.65. The van der Waals surface area contributed by atoms with Crippen LogP contribution in [0.25, 0.3) is 0 Å². The van der Waals surface area contributed by atoms with Crippen molar-refractivity contribution in [1.82, 2.24) is 4.90 Å². The summed E-state index contributed by atoms with van der Waals surface area (Å²) >= 11 is 0. The average molecular weight is 267 g/mol. The van der Waals surface area contributed by atoms with Gasteiger partial charge in [-0.2, -0.15) is 0 Å². The van der Waals surface area contributed by atoms with Crippen LogP contribution in [0, 0.1) is 0 Å². The smallest absolute Gasteiger partial charge is 0.339 e. The van der Waals surface area contributed by atoms with E-state index in [1.165, 1.54) is 12.3 Å². The lowest BCUT2D eigenvalue weighted by atomic mass is 10.0. The second-order valence-electron chi connectivity index (χ2n) is 4.98. The quantitative estimate of drug-likeness (QED) is 0.890. The minimum Gasteiger partial charge on any atom is -0.478 e. The van der Waals surface area contributed by atoms with Gasteiger partial charge in [-0.25, -0.2) is 4.79 Å². The minimum absolute atomic E-state index is 0.230. The Morgan fingerprint density at radius 2 is 2.21 bits per heavy atom. The molecular formula is C13H17NO5. The first-order chi connectivity index (χ1) is 9.19. The molecule has 2 fully saturated rings. The number of aromatic carboxylic acids is 1. The number of furan rings is 1. The Labute approximate surface area is 110 Å². The number of likely N-dealkylation sites (tertiary alicyclic amines) is 1. The van der Waals surface area contributed by atoms with E-state index in [0.717, 1.165) is 19.4 Å². The number of carboxylic acids is 1. The molecule has 1 aromatic rings. The van der Waals surface area contributed by atoms with E-state index in [2.05, 4.69) is 4.90 Å². The number of rotatable bonds is 3. The first kappa shape index (κ1) is 12.7. The van der Waals surface area contributed by atoms with Gasteiger partial charge >= 0.3 is 5.97 Å². The van der Waals surface area contributed by atoms with Gasteiger partial charge in [-0.3, -0.25) is 4.90 Å². The zero-order valence-corrected chi connectivity index (χ0v) is 10.6. The van der Waals surface area contributed by atoms with Gasteiger partial charge in [-0.05, 0) is 19.0 Å². The number of piperidine rings is 1. The van der Waals surface area contributed by atoms with Gasteiger partial charge in [0.15, 0.2) is 5.79 Å². The molecule has 0 saturated carbocycles. The normalized spacial score (nSPS) is 22.9. The second kappa shape index (κ2) is 4.96. The molecule has 0 atom stereocenters. The Kier molecular flexibility index (Phi) is 3.30. The number of carboxylic acid groups (broad SMARTS) is 1. The van der Waals surface area contributed by atoms with E-state index in [4.69, 9.17) is 19.0 Å². The number of carbonyl (C=O) groups is 1. The fraction of sp³-hybridized carbons (Fsp3) is 0.615. The minimum atomic E-state index is -0.955. The molecule has 2 aliphatic rings. The molecule has 0 aromatic carbocycles. The summed E-state index contributed by atoms with van der Waals surface area (Å²) in [7, 11) is 0. The number of ether oxygens (including phenoxy) is 2. The highest BCUT2D eigenvalue weighted by atomic mass is 16.7. The topological polar surface area (TPSA) is 72.1 Å². The van der Waals surface area contributed by atoms with Crippen LogP contribution >= 0.6 is 0 Å². The Morgan fingerprint density at radius 1 is 1.42 bits per heavy atom. The van der Waals surface area contributed by atoms with E-state index in [0.29, 0.717) is 32.1 Å². The van der Waals surface area contributed by atoms with E-state index in [-0.39, 0.29) is 5.56 Å². The number of hydrogen-bond donors (Lipinski definition) is 1. The fourth-order valence-electron chi connectivity index (χ4n) is 2.80. The van der Waals surface area contributed by atoms with Crippen LogP contribution in [0.4, 0.5) is 0 Å². The molecule has 6 nitrogen and oxygen atoms in total. The first-order valence-electron chi connectivity index (χ1n) is 6.48. The molecule has 0 amide bonds. The van der Waals surface area contributed by atoms with Gasteiger partial charge in [0.2, 0.25) is 0 Å². The monoisotopic (exact) mass is 267 g/mol. The molecule has 0 aliphatic carbocycles. The van der Waals surface area contributed by atoms with Crippen molar-refractivity contribution in [1.29, 1.82) is 0 Å². The summed E-state index contributed by atoms with van der Waals surface area (Å²) in [4.78, 5) is 13.2. The van der Waals surface area contributed by atoms with Crippen molar-refractivity contribution in [2.45, 2.75) is 25.2 Å². The van der Waals surface area contributed by atoms with Crippen molar-refractivity contribution in [3.05, 3.63) is 23.7 Å². The maximum Gasteiger partial charge on any atom is 0.339 e. The second-order valence-corrected chi connectivity index (χ2v) is 4.98. The van der Waals surface area contributed by atoms with Gasteiger partial charge in [0.25, 0.3) is 0 Å². The number of hydrogen-bond acceptors (Lipinski definition) is 5. The fourth-order valence-corrected chi connectivity index (χ4v) is 2.80. The van der Waals surface area contributed by atoms with Gasteiger partial charge in [-0.1, -0.05) is 0 Å². The van der Waals surface area contributed by atoms with E-state index in [1.54, 1.807) is 0 Å². The maximum absolute atomic E-state index is 11.0. The molecule has 1 spiro atoms. The molecule has 6 heteroatoms. The summed E-state index contributed by atoms with van der Waals surface area (Å²) in [5.41, 5.74) is 0.230. The van der Waals surface area contributed by atoms with Gasteiger partial charge < -0.3 is 19.0 Å². The van der Waals surface area contributed by atoms with E-state index >= 15 is 0 Å². The Balaban J connectivity index is 1.69. The summed E-state index contributed by atoms with van der Waals surface area (Å²) < 4.78 is 16.7. The zero-order chi connectivity index (χ0) is 13.3. The first-order valence-corrected chi connectivity index (χ1v) is 6.48. The highest BCUT2D eigenvalue weighted by molar-refractivity contribution is 5.88. The lowest BCUT2D eigenvalue weighted by molar-refractivity contribution is -0.190. The van der Waals surface area contributed by atoms with Gasteiger partial charge in [0.05, 0.1) is 32.6 Å². The maximum atomic E-state index is 11.0. The highest BCUT2D eigenvalue weighted by Gasteiger charge is 2.40. The third-order valence-corrected chi connectivity index (χ3v) is 3.65. The molecule has 2 saturated heterocycles. The molecule has 1 aromatic heterocycles. The van der Waals surface area contributed by atoms with Crippen LogP contribution in [-0.4, -0.2) is 48.1 Å². The van der Waals surface area contributed by atoms with Crippen molar-refractivity contribution in [2.75, 3.05) is 26.3 Å². The van der Waals surface area contributed by atoms with E-state index < -0.39 is 11.8 Å². The molecule has 0 unspecified atom stereocenters. The van der Waals surface area contributed by atoms with Crippen LogP contribution in [0.1, 0.15) is 29.0 Å². The van der Waals surface area contributed by atoms with Crippen LogP contribution < -0.4 is 0 Å². The summed E-state index contributed by atoms with van der Waals surface area (Å²) in [5, 5.41) is 9.06. The van der Waals surface area contributed by atoms with Crippen molar-refractivity contribution in [3.8, 4) is 0 Å². The zero-order valence-electron chi connectivity index (χ0n) is 10.6. The SMILES string of the molecule is O=C(O)c1ccoc1CN1CCCC2(C1)OCCO2. The predicted octanol–water partition coefficient (Wildman–Crippen LogP) is 1.32. The summed E-state index contributed by atoms with van der Waals surface area (Å²) in [5.74, 6) is -0.958. The molecular weight excluding hydrogens is 250 g/mol. The molecule has 2 aliphatic heterocycles. The molecule has 0 bridgehead atoms. The highest BCUT2D eigenvalue weighted by Crippen LogP contribution is 2.31. The molecule has 104 valence electrons. The van der Waals surface area contributed by atoms with Crippen molar-refractivity contribution in [3.63, 3.8) is 0 Å².